The standard InChI is InChI=1S/C22H31N3O2/c1-24(2)11-5-13-26-17-8-10-21-20(15-17)19-9-7-18(16-22(19)23-21)27-14-6-12-25(3)4/h7-10,15-16,23H,5-6,11-14H2,1-4H3. The van der Waals surface area contributed by atoms with E-state index in [9.17, 15) is 0 Å². The maximum atomic E-state index is 5.92. The van der Waals surface area contributed by atoms with Gasteiger partial charge in [0.05, 0.1) is 18.7 Å². The first kappa shape index (κ1) is 19.5. The third-order valence-corrected chi connectivity index (χ3v) is 4.58. The fourth-order valence-corrected chi connectivity index (χ4v) is 3.18. The van der Waals surface area contributed by atoms with Crippen LogP contribution in [0, 0.1) is 0 Å². The van der Waals surface area contributed by atoms with Crippen LogP contribution in [0.3, 0.4) is 0 Å². The molecule has 1 aromatic heterocycles. The Labute approximate surface area is 161 Å². The van der Waals surface area contributed by atoms with Crippen LogP contribution in [0.2, 0.25) is 0 Å². The number of fused-ring (bicyclic) bond motifs is 3. The first-order valence-electron chi connectivity index (χ1n) is 9.63. The molecular weight excluding hydrogens is 338 g/mol. The molecule has 27 heavy (non-hydrogen) atoms. The van der Waals surface area contributed by atoms with Gasteiger partial charge in [-0.2, -0.15) is 0 Å². The number of benzene rings is 2. The summed E-state index contributed by atoms with van der Waals surface area (Å²) in [6, 6.07) is 12.5. The van der Waals surface area contributed by atoms with Crippen molar-refractivity contribution >= 4 is 21.8 Å². The van der Waals surface area contributed by atoms with Crippen LogP contribution >= 0.6 is 0 Å². The predicted molar refractivity (Wildman–Crippen MR) is 113 cm³/mol. The van der Waals surface area contributed by atoms with E-state index in [0.29, 0.717) is 0 Å². The molecule has 146 valence electrons. The maximum absolute atomic E-state index is 5.92. The lowest BCUT2D eigenvalue weighted by Gasteiger charge is -2.10. The normalized spacial score (nSPS) is 11.8. The molecule has 1 N–H and O–H groups in total. The number of hydrogen-bond acceptors (Lipinski definition) is 4. The van der Waals surface area contributed by atoms with Gasteiger partial charge in [-0.25, -0.2) is 0 Å². The van der Waals surface area contributed by atoms with Gasteiger partial charge in [0.2, 0.25) is 0 Å². The molecule has 0 amide bonds. The molecule has 0 aliphatic carbocycles. The Hall–Kier alpha value is -2.24. The van der Waals surface area contributed by atoms with E-state index in [-0.39, 0.29) is 0 Å². The van der Waals surface area contributed by atoms with Gasteiger partial charge in [0.25, 0.3) is 0 Å². The molecule has 5 nitrogen and oxygen atoms in total. The lowest BCUT2D eigenvalue weighted by molar-refractivity contribution is 0.282. The fourth-order valence-electron chi connectivity index (χ4n) is 3.18. The van der Waals surface area contributed by atoms with E-state index in [1.54, 1.807) is 0 Å². The largest absolute Gasteiger partial charge is 0.494 e. The molecule has 0 bridgehead atoms. The highest BCUT2D eigenvalue weighted by molar-refractivity contribution is 6.08. The zero-order valence-electron chi connectivity index (χ0n) is 16.9. The Kier molecular flexibility index (Phi) is 6.58. The Bertz CT molecular complexity index is 870. The van der Waals surface area contributed by atoms with Crippen molar-refractivity contribution in [2.24, 2.45) is 0 Å². The molecule has 0 unspecified atom stereocenters. The third kappa shape index (κ3) is 5.37. The molecule has 3 aromatic rings. The van der Waals surface area contributed by atoms with Gasteiger partial charge in [-0.15, -0.1) is 0 Å². The van der Waals surface area contributed by atoms with Crippen LogP contribution in [-0.2, 0) is 0 Å². The summed E-state index contributed by atoms with van der Waals surface area (Å²) < 4.78 is 11.8. The molecule has 5 heteroatoms. The van der Waals surface area contributed by atoms with Gasteiger partial charge in [0, 0.05) is 35.4 Å². The highest BCUT2D eigenvalue weighted by atomic mass is 16.5. The summed E-state index contributed by atoms with van der Waals surface area (Å²) in [7, 11) is 8.32. The predicted octanol–water partition coefficient (Wildman–Crippen LogP) is 3.98. The molecule has 0 saturated carbocycles. The van der Waals surface area contributed by atoms with E-state index < -0.39 is 0 Å². The second-order valence-electron chi connectivity index (χ2n) is 7.55. The highest BCUT2D eigenvalue weighted by Gasteiger charge is 2.07. The second-order valence-corrected chi connectivity index (χ2v) is 7.55. The van der Waals surface area contributed by atoms with E-state index in [4.69, 9.17) is 9.47 Å². The van der Waals surface area contributed by atoms with Crippen LogP contribution in [0.5, 0.6) is 11.5 Å². The maximum Gasteiger partial charge on any atom is 0.121 e. The first-order chi connectivity index (χ1) is 13.0. The summed E-state index contributed by atoms with van der Waals surface area (Å²) in [5.41, 5.74) is 2.22. The number of nitrogens with one attached hydrogen (secondary N) is 1. The summed E-state index contributed by atoms with van der Waals surface area (Å²) in [5.74, 6) is 1.83. The smallest absolute Gasteiger partial charge is 0.121 e. The lowest BCUT2D eigenvalue weighted by atomic mass is 10.1. The summed E-state index contributed by atoms with van der Waals surface area (Å²) >= 11 is 0. The Morgan fingerprint density at radius 1 is 0.704 bits per heavy atom. The molecule has 0 radical (unpaired) electrons. The Morgan fingerprint density at radius 3 is 1.93 bits per heavy atom. The molecular formula is C22H31N3O2. The minimum atomic E-state index is 0.731. The average Bonchev–Trinajstić information content (AvgIpc) is 2.99. The van der Waals surface area contributed by atoms with E-state index in [2.05, 4.69) is 73.3 Å². The van der Waals surface area contributed by atoms with E-state index >= 15 is 0 Å². The minimum absolute atomic E-state index is 0.731. The number of nitrogens with zero attached hydrogens (tertiary/aromatic N) is 2. The van der Waals surface area contributed by atoms with Crippen LogP contribution < -0.4 is 9.47 Å². The number of ether oxygens (including phenoxy) is 2. The number of aromatic amines is 1. The topological polar surface area (TPSA) is 40.7 Å². The van der Waals surface area contributed by atoms with Crippen LogP contribution in [0.15, 0.2) is 36.4 Å². The monoisotopic (exact) mass is 369 g/mol. The molecule has 0 saturated heterocycles. The molecule has 1 heterocycles. The van der Waals surface area contributed by atoms with E-state index in [1.807, 2.05) is 6.07 Å². The molecule has 0 aliphatic heterocycles. The van der Waals surface area contributed by atoms with Crippen LogP contribution in [0.25, 0.3) is 21.8 Å². The molecule has 0 spiro atoms. The van der Waals surface area contributed by atoms with Crippen molar-refractivity contribution in [2.45, 2.75) is 12.8 Å². The van der Waals surface area contributed by atoms with Crippen molar-refractivity contribution in [3.8, 4) is 11.5 Å². The zero-order valence-corrected chi connectivity index (χ0v) is 16.9. The Morgan fingerprint density at radius 2 is 1.30 bits per heavy atom. The van der Waals surface area contributed by atoms with Crippen molar-refractivity contribution in [1.82, 2.24) is 14.8 Å². The summed E-state index contributed by atoms with van der Waals surface area (Å²) in [6.07, 6.45) is 2.04. The summed E-state index contributed by atoms with van der Waals surface area (Å²) in [4.78, 5) is 7.83. The number of rotatable bonds is 10. The lowest BCUT2D eigenvalue weighted by Crippen LogP contribution is -2.15. The SMILES string of the molecule is CN(C)CCCOc1ccc2c(c1)[nH]c1ccc(OCCCN(C)C)cc12. The number of H-pyrrole nitrogens is 1. The van der Waals surface area contributed by atoms with Gasteiger partial charge in [-0.05, 0) is 71.4 Å². The minimum Gasteiger partial charge on any atom is -0.494 e. The van der Waals surface area contributed by atoms with Crippen LogP contribution in [0.1, 0.15) is 12.8 Å². The van der Waals surface area contributed by atoms with Crippen molar-refractivity contribution in [2.75, 3.05) is 54.5 Å². The molecule has 3 rings (SSSR count). The van der Waals surface area contributed by atoms with Crippen LogP contribution in [-0.4, -0.2) is 69.3 Å². The van der Waals surface area contributed by atoms with Gasteiger partial charge in [-0.3, -0.25) is 0 Å². The Balaban J connectivity index is 1.68. The van der Waals surface area contributed by atoms with Crippen LogP contribution in [0.4, 0.5) is 0 Å². The molecule has 0 atom stereocenters. The van der Waals surface area contributed by atoms with Gasteiger partial charge in [0.1, 0.15) is 11.5 Å². The van der Waals surface area contributed by atoms with Gasteiger partial charge in [-0.1, -0.05) is 0 Å². The van der Waals surface area contributed by atoms with Crippen molar-refractivity contribution in [1.29, 1.82) is 0 Å². The average molecular weight is 370 g/mol. The van der Waals surface area contributed by atoms with Crippen molar-refractivity contribution < 1.29 is 9.47 Å². The third-order valence-electron chi connectivity index (χ3n) is 4.58. The second kappa shape index (κ2) is 9.11. The molecule has 0 aliphatic rings. The molecule has 2 aromatic carbocycles. The van der Waals surface area contributed by atoms with Gasteiger partial charge < -0.3 is 24.3 Å². The number of aromatic nitrogens is 1. The highest BCUT2D eigenvalue weighted by Crippen LogP contribution is 2.31. The van der Waals surface area contributed by atoms with E-state index in [1.165, 1.54) is 10.8 Å². The fraction of sp³-hybridized carbons (Fsp3) is 0.455. The van der Waals surface area contributed by atoms with Crippen molar-refractivity contribution in [3.63, 3.8) is 0 Å². The zero-order chi connectivity index (χ0) is 19.2. The number of hydrogen-bond donors (Lipinski definition) is 1. The summed E-state index contributed by atoms with van der Waals surface area (Å²) in [5, 5.41) is 2.39. The van der Waals surface area contributed by atoms with E-state index in [0.717, 1.165) is 61.7 Å². The quantitative estimate of drug-likeness (QED) is 0.549. The molecule has 0 fully saturated rings. The van der Waals surface area contributed by atoms with Crippen molar-refractivity contribution in [3.05, 3.63) is 36.4 Å². The van der Waals surface area contributed by atoms with Gasteiger partial charge in [0.15, 0.2) is 0 Å². The summed E-state index contributed by atoms with van der Waals surface area (Å²) in [6.45, 7) is 3.53. The van der Waals surface area contributed by atoms with Gasteiger partial charge >= 0.3 is 0 Å². The first-order valence-corrected chi connectivity index (χ1v) is 9.63.